The van der Waals surface area contributed by atoms with E-state index in [9.17, 15) is 0 Å². The van der Waals surface area contributed by atoms with Gasteiger partial charge < -0.3 is 4.42 Å². The number of nitrogens with zero attached hydrogens (tertiary/aromatic N) is 3. The molecule has 0 amide bonds. The Labute approximate surface area is 143 Å². The number of aryl methyl sites for hydroxylation is 1. The molecule has 0 spiro atoms. The smallest absolute Gasteiger partial charge is 0.247 e. The van der Waals surface area contributed by atoms with Gasteiger partial charge in [0.25, 0.3) is 0 Å². The van der Waals surface area contributed by atoms with E-state index in [4.69, 9.17) is 4.42 Å². The van der Waals surface area contributed by atoms with Gasteiger partial charge in [0.05, 0.1) is 6.54 Å². The molecular weight excluding hydrogens is 298 g/mol. The summed E-state index contributed by atoms with van der Waals surface area (Å²) in [6.45, 7) is 7.93. The van der Waals surface area contributed by atoms with Crippen LogP contribution in [0.4, 0.5) is 0 Å². The zero-order valence-electron chi connectivity index (χ0n) is 14.4. The van der Waals surface area contributed by atoms with Crippen molar-refractivity contribution < 1.29 is 4.42 Å². The lowest BCUT2D eigenvalue weighted by Crippen LogP contribution is -2.29. The first-order valence-corrected chi connectivity index (χ1v) is 8.29. The number of hydrogen-bond donors (Lipinski definition) is 0. The van der Waals surface area contributed by atoms with Crippen LogP contribution in [0, 0.1) is 6.92 Å². The van der Waals surface area contributed by atoms with Crippen molar-refractivity contribution in [3.8, 4) is 11.5 Å². The minimum atomic E-state index is 0.388. The van der Waals surface area contributed by atoms with Gasteiger partial charge in [-0.3, -0.25) is 4.90 Å². The molecular formula is C20H23N3O. The highest BCUT2D eigenvalue weighted by Gasteiger charge is 2.16. The quantitative estimate of drug-likeness (QED) is 0.672. The summed E-state index contributed by atoms with van der Waals surface area (Å²) in [5.41, 5.74) is 3.43. The second kappa shape index (κ2) is 7.41. The average Bonchev–Trinajstić information content (AvgIpc) is 3.04. The van der Waals surface area contributed by atoms with Gasteiger partial charge in [-0.25, -0.2) is 0 Å². The van der Waals surface area contributed by atoms with Gasteiger partial charge >= 0.3 is 0 Å². The summed E-state index contributed by atoms with van der Waals surface area (Å²) in [6, 6.07) is 19.0. The van der Waals surface area contributed by atoms with Crippen molar-refractivity contribution in [1.82, 2.24) is 15.1 Å². The standard InChI is InChI=1S/C20H23N3O/c1-15(2)23(13-17-9-5-4-6-10-17)14-19-21-22-20(24-19)18-11-7-8-16(3)12-18/h4-12,15H,13-14H2,1-3H3. The minimum absolute atomic E-state index is 0.388. The van der Waals surface area contributed by atoms with E-state index < -0.39 is 0 Å². The van der Waals surface area contributed by atoms with Gasteiger partial charge in [0.2, 0.25) is 11.8 Å². The lowest BCUT2D eigenvalue weighted by Gasteiger charge is -2.24. The van der Waals surface area contributed by atoms with Crippen molar-refractivity contribution in [2.75, 3.05) is 0 Å². The molecule has 0 unspecified atom stereocenters. The summed E-state index contributed by atoms with van der Waals surface area (Å²) in [7, 11) is 0. The van der Waals surface area contributed by atoms with E-state index in [0.717, 1.165) is 12.1 Å². The predicted octanol–water partition coefficient (Wildman–Crippen LogP) is 4.46. The summed E-state index contributed by atoms with van der Waals surface area (Å²) in [5, 5.41) is 8.43. The largest absolute Gasteiger partial charge is 0.419 e. The van der Waals surface area contributed by atoms with Gasteiger partial charge in [0.15, 0.2) is 0 Å². The van der Waals surface area contributed by atoms with Crippen molar-refractivity contribution in [3.63, 3.8) is 0 Å². The van der Waals surface area contributed by atoms with Crippen LogP contribution in [0.3, 0.4) is 0 Å². The number of hydrogen-bond acceptors (Lipinski definition) is 4. The predicted molar refractivity (Wildman–Crippen MR) is 95.3 cm³/mol. The Hall–Kier alpha value is -2.46. The maximum absolute atomic E-state index is 5.88. The van der Waals surface area contributed by atoms with Crippen LogP contribution in [-0.4, -0.2) is 21.1 Å². The molecule has 0 aliphatic carbocycles. The van der Waals surface area contributed by atoms with Crippen LogP contribution in [0.25, 0.3) is 11.5 Å². The van der Waals surface area contributed by atoms with Crippen LogP contribution in [0.1, 0.15) is 30.9 Å². The third-order valence-electron chi connectivity index (χ3n) is 4.03. The second-order valence-electron chi connectivity index (χ2n) is 6.35. The van der Waals surface area contributed by atoms with E-state index in [1.807, 2.05) is 18.2 Å². The monoisotopic (exact) mass is 321 g/mol. The van der Waals surface area contributed by atoms with Gasteiger partial charge in [-0.1, -0.05) is 48.0 Å². The zero-order chi connectivity index (χ0) is 16.9. The van der Waals surface area contributed by atoms with Gasteiger partial charge in [-0.05, 0) is 38.5 Å². The van der Waals surface area contributed by atoms with Gasteiger partial charge in [-0.2, -0.15) is 0 Å². The molecule has 4 heteroatoms. The molecule has 0 N–H and O–H groups in total. The first kappa shape index (κ1) is 16.4. The highest BCUT2D eigenvalue weighted by atomic mass is 16.4. The van der Waals surface area contributed by atoms with Crippen molar-refractivity contribution in [2.45, 2.75) is 39.9 Å². The Balaban J connectivity index is 1.74. The molecule has 0 fully saturated rings. The van der Waals surface area contributed by atoms with Crippen molar-refractivity contribution >= 4 is 0 Å². The van der Waals surface area contributed by atoms with Gasteiger partial charge in [0.1, 0.15) is 0 Å². The van der Waals surface area contributed by atoms with Crippen LogP contribution >= 0.6 is 0 Å². The summed E-state index contributed by atoms with van der Waals surface area (Å²) in [5.74, 6) is 1.23. The topological polar surface area (TPSA) is 42.2 Å². The molecule has 124 valence electrons. The van der Waals surface area contributed by atoms with E-state index >= 15 is 0 Å². The fourth-order valence-corrected chi connectivity index (χ4v) is 2.62. The van der Waals surface area contributed by atoms with Crippen LogP contribution in [-0.2, 0) is 13.1 Å². The molecule has 2 aromatic carbocycles. The molecule has 0 saturated carbocycles. The molecule has 0 aliphatic rings. The van der Waals surface area contributed by atoms with Crippen LogP contribution in [0.2, 0.25) is 0 Å². The van der Waals surface area contributed by atoms with Crippen molar-refractivity contribution in [1.29, 1.82) is 0 Å². The fraction of sp³-hybridized carbons (Fsp3) is 0.300. The average molecular weight is 321 g/mol. The highest BCUT2D eigenvalue weighted by molar-refractivity contribution is 5.53. The van der Waals surface area contributed by atoms with Gasteiger partial charge in [-0.15, -0.1) is 10.2 Å². The number of rotatable bonds is 6. The van der Waals surface area contributed by atoms with E-state index in [1.165, 1.54) is 11.1 Å². The number of benzene rings is 2. The Morgan fingerprint density at radius 2 is 1.75 bits per heavy atom. The first-order chi connectivity index (χ1) is 11.6. The highest BCUT2D eigenvalue weighted by Crippen LogP contribution is 2.20. The third-order valence-corrected chi connectivity index (χ3v) is 4.03. The van der Waals surface area contributed by atoms with Crippen LogP contribution in [0.5, 0.6) is 0 Å². The van der Waals surface area contributed by atoms with E-state index in [-0.39, 0.29) is 0 Å². The van der Waals surface area contributed by atoms with E-state index in [0.29, 0.717) is 24.4 Å². The Morgan fingerprint density at radius 3 is 2.46 bits per heavy atom. The second-order valence-corrected chi connectivity index (χ2v) is 6.35. The molecule has 24 heavy (non-hydrogen) atoms. The zero-order valence-corrected chi connectivity index (χ0v) is 14.4. The Bertz CT molecular complexity index is 780. The SMILES string of the molecule is Cc1cccc(-c2nnc(CN(Cc3ccccc3)C(C)C)o2)c1. The summed E-state index contributed by atoms with van der Waals surface area (Å²) in [6.07, 6.45) is 0. The molecule has 3 rings (SSSR count). The molecule has 0 radical (unpaired) electrons. The van der Waals surface area contributed by atoms with E-state index in [1.54, 1.807) is 0 Å². The summed E-state index contributed by atoms with van der Waals surface area (Å²) >= 11 is 0. The minimum Gasteiger partial charge on any atom is -0.419 e. The summed E-state index contributed by atoms with van der Waals surface area (Å²) < 4.78 is 5.88. The summed E-state index contributed by atoms with van der Waals surface area (Å²) in [4.78, 5) is 2.32. The molecule has 0 bridgehead atoms. The van der Waals surface area contributed by atoms with Gasteiger partial charge in [0, 0.05) is 18.2 Å². The molecule has 4 nitrogen and oxygen atoms in total. The lowest BCUT2D eigenvalue weighted by molar-refractivity contribution is 0.184. The van der Waals surface area contributed by atoms with E-state index in [2.05, 4.69) is 72.3 Å². The number of aromatic nitrogens is 2. The Kier molecular flexibility index (Phi) is 5.06. The molecule has 3 aromatic rings. The molecule has 0 aliphatic heterocycles. The van der Waals surface area contributed by atoms with Crippen molar-refractivity contribution in [3.05, 3.63) is 71.6 Å². The maximum Gasteiger partial charge on any atom is 0.247 e. The normalized spacial score (nSPS) is 11.4. The fourth-order valence-electron chi connectivity index (χ4n) is 2.62. The van der Waals surface area contributed by atoms with Crippen molar-refractivity contribution in [2.24, 2.45) is 0 Å². The lowest BCUT2D eigenvalue weighted by atomic mass is 10.1. The van der Waals surface area contributed by atoms with Crippen LogP contribution in [0.15, 0.2) is 59.0 Å². The van der Waals surface area contributed by atoms with Crippen LogP contribution < -0.4 is 0 Å². The Morgan fingerprint density at radius 1 is 0.958 bits per heavy atom. The molecule has 1 aromatic heterocycles. The molecule has 1 heterocycles. The molecule has 0 atom stereocenters. The first-order valence-electron chi connectivity index (χ1n) is 8.29. The third kappa shape index (κ3) is 4.09. The molecule has 0 saturated heterocycles. The maximum atomic E-state index is 5.88.